The van der Waals surface area contributed by atoms with Crippen molar-refractivity contribution >= 4 is 29.1 Å². The van der Waals surface area contributed by atoms with E-state index < -0.39 is 23.4 Å². The zero-order valence-electron chi connectivity index (χ0n) is 18.2. The zero-order valence-corrected chi connectivity index (χ0v) is 19.9. The van der Waals surface area contributed by atoms with Crippen molar-refractivity contribution in [2.75, 3.05) is 23.3 Å². The summed E-state index contributed by atoms with van der Waals surface area (Å²) >= 11 is 0. The summed E-state index contributed by atoms with van der Waals surface area (Å²) in [6, 6.07) is 17.2. The molecule has 0 saturated carbocycles. The molecule has 3 rings (SSSR count). The van der Waals surface area contributed by atoms with E-state index in [4.69, 9.17) is 9.05 Å². The summed E-state index contributed by atoms with van der Waals surface area (Å²) in [5, 5.41) is 13.5. The second-order valence-corrected chi connectivity index (χ2v) is 10.6. The van der Waals surface area contributed by atoms with Gasteiger partial charge in [-0.25, -0.2) is 13.4 Å². The van der Waals surface area contributed by atoms with Crippen molar-refractivity contribution in [1.29, 1.82) is 0 Å². The van der Waals surface area contributed by atoms with Crippen LogP contribution in [0.15, 0.2) is 77.8 Å². The summed E-state index contributed by atoms with van der Waals surface area (Å²) in [5.41, 5.74) is 0.788. The lowest BCUT2D eigenvalue weighted by Crippen LogP contribution is -2.16. The average Bonchev–Trinajstić information content (AvgIpc) is 2.79. The van der Waals surface area contributed by atoms with Crippen LogP contribution in [0.3, 0.4) is 0 Å². The number of hydrogen-bond donors (Lipinski definition) is 3. The van der Waals surface area contributed by atoms with Gasteiger partial charge >= 0.3 is 7.60 Å². The zero-order chi connectivity index (χ0) is 23.9. The third kappa shape index (κ3) is 6.11. The van der Waals surface area contributed by atoms with Gasteiger partial charge in [0.2, 0.25) is 0 Å². The molecule has 1 aromatic heterocycles. The van der Waals surface area contributed by atoms with E-state index in [1.165, 1.54) is 36.5 Å². The largest absolute Gasteiger partial charge is 0.508 e. The van der Waals surface area contributed by atoms with E-state index in [2.05, 4.69) is 15.0 Å². The number of hydrogen-bond acceptors (Lipinski definition) is 8. The number of para-hydroxylation sites is 1. The minimum atomic E-state index is -3.85. The van der Waals surface area contributed by atoms with Crippen LogP contribution in [0.1, 0.15) is 25.2 Å². The molecule has 0 aliphatic carbocycles. The van der Waals surface area contributed by atoms with Gasteiger partial charge in [0.15, 0.2) is 5.78 Å². The fraction of sp³-hybridized carbons (Fsp3) is 0.227. The number of benzene rings is 2. The van der Waals surface area contributed by atoms with Gasteiger partial charge < -0.3 is 19.5 Å². The van der Waals surface area contributed by atoms with Gasteiger partial charge in [-0.1, -0.05) is 24.3 Å². The molecule has 3 N–H and O–H groups in total. The van der Waals surface area contributed by atoms with Gasteiger partial charge in [-0.15, -0.1) is 0 Å². The quantitative estimate of drug-likeness (QED) is 0.321. The van der Waals surface area contributed by atoms with Crippen LogP contribution in [0.5, 0.6) is 5.75 Å². The molecule has 0 saturated heterocycles. The average molecular weight is 492 g/mol. The van der Waals surface area contributed by atoms with Crippen LogP contribution in [0.25, 0.3) is 0 Å². The van der Waals surface area contributed by atoms with Crippen LogP contribution >= 0.6 is 7.60 Å². The SMILES string of the molecule is CCOP(=O)(OCC)C(Nc1ccc(S(=O)(=O)Nc2ccccn2)cc1)c1ccccc1O. The van der Waals surface area contributed by atoms with E-state index in [1.54, 1.807) is 50.2 Å². The first-order chi connectivity index (χ1) is 15.8. The highest BCUT2D eigenvalue weighted by Gasteiger charge is 2.38. The predicted octanol–water partition coefficient (Wildman–Crippen LogP) is 4.96. The number of aromatic hydroxyl groups is 1. The molecule has 176 valence electrons. The summed E-state index contributed by atoms with van der Waals surface area (Å²) in [6.45, 7) is 3.67. The molecule has 0 bridgehead atoms. The van der Waals surface area contributed by atoms with E-state index in [0.29, 0.717) is 11.3 Å². The number of phenols is 1. The van der Waals surface area contributed by atoms with Crippen molar-refractivity contribution in [3.63, 3.8) is 0 Å². The number of anilines is 2. The van der Waals surface area contributed by atoms with E-state index in [9.17, 15) is 18.1 Å². The fourth-order valence-electron chi connectivity index (χ4n) is 3.10. The monoisotopic (exact) mass is 491 g/mol. The topological polar surface area (TPSA) is 127 Å². The van der Waals surface area contributed by atoms with Crippen LogP contribution < -0.4 is 10.0 Å². The third-order valence-electron chi connectivity index (χ3n) is 4.54. The summed E-state index contributed by atoms with van der Waals surface area (Å²) in [5.74, 6) is -0.894. The van der Waals surface area contributed by atoms with Crippen LogP contribution in [0.2, 0.25) is 0 Å². The smallest absolute Gasteiger partial charge is 0.357 e. The van der Waals surface area contributed by atoms with E-state index in [1.807, 2.05) is 0 Å². The standard InChI is InChI=1S/C22H26N3O6PS/c1-3-30-32(27,31-4-2)22(19-9-5-6-10-20(19)26)24-17-12-14-18(15-13-17)33(28,29)25-21-11-7-8-16-23-21/h5-16,22,24,26H,3-4H2,1-2H3,(H,23,25). The van der Waals surface area contributed by atoms with Crippen molar-refractivity contribution < 1.29 is 27.1 Å². The third-order valence-corrected chi connectivity index (χ3v) is 8.18. The molecule has 0 fully saturated rings. The van der Waals surface area contributed by atoms with Crippen LogP contribution in [0, 0.1) is 0 Å². The highest BCUT2D eigenvalue weighted by Crippen LogP contribution is 2.61. The van der Waals surface area contributed by atoms with Crippen LogP contribution in [-0.4, -0.2) is 31.7 Å². The Kier molecular flexibility index (Phi) is 8.10. The van der Waals surface area contributed by atoms with Gasteiger partial charge in [-0.05, 0) is 56.3 Å². The molecule has 1 heterocycles. The van der Waals surface area contributed by atoms with Crippen LogP contribution in [-0.2, 0) is 23.6 Å². The normalized spacial score (nSPS) is 12.8. The van der Waals surface area contributed by atoms with Crippen molar-refractivity contribution in [3.8, 4) is 5.75 Å². The first kappa shape index (κ1) is 24.7. The van der Waals surface area contributed by atoms with Crippen molar-refractivity contribution in [1.82, 2.24) is 4.98 Å². The molecule has 0 aliphatic rings. The number of nitrogens with one attached hydrogen (secondary N) is 2. The first-order valence-corrected chi connectivity index (χ1v) is 13.4. The molecule has 0 radical (unpaired) electrons. The Hall–Kier alpha value is -2.91. The summed E-state index contributed by atoms with van der Waals surface area (Å²) in [7, 11) is -7.59. The second kappa shape index (κ2) is 10.8. The lowest BCUT2D eigenvalue weighted by Gasteiger charge is -2.28. The van der Waals surface area contributed by atoms with E-state index in [-0.39, 0.29) is 29.7 Å². The molecule has 33 heavy (non-hydrogen) atoms. The summed E-state index contributed by atoms with van der Waals surface area (Å²) < 4.78 is 52.3. The van der Waals surface area contributed by atoms with Crippen LogP contribution in [0.4, 0.5) is 11.5 Å². The second-order valence-electron chi connectivity index (χ2n) is 6.83. The van der Waals surface area contributed by atoms with Gasteiger partial charge in [0, 0.05) is 17.4 Å². The Morgan fingerprint density at radius 3 is 2.18 bits per heavy atom. The van der Waals surface area contributed by atoms with Gasteiger partial charge in [0.1, 0.15) is 11.6 Å². The summed E-state index contributed by atoms with van der Waals surface area (Å²) in [6.07, 6.45) is 1.49. The molecule has 0 aliphatic heterocycles. The van der Waals surface area contributed by atoms with Crippen molar-refractivity contribution in [2.45, 2.75) is 24.5 Å². The minimum Gasteiger partial charge on any atom is -0.508 e. The van der Waals surface area contributed by atoms with Crippen molar-refractivity contribution in [3.05, 3.63) is 78.5 Å². The van der Waals surface area contributed by atoms with E-state index >= 15 is 0 Å². The molecule has 2 aromatic carbocycles. The molecular formula is C22H26N3O6PS. The van der Waals surface area contributed by atoms with Gasteiger partial charge in [-0.3, -0.25) is 9.29 Å². The Morgan fingerprint density at radius 2 is 1.61 bits per heavy atom. The first-order valence-electron chi connectivity index (χ1n) is 10.3. The molecule has 0 spiro atoms. The Labute approximate surface area is 193 Å². The lowest BCUT2D eigenvalue weighted by atomic mass is 10.2. The number of aromatic nitrogens is 1. The number of rotatable bonds is 11. The molecule has 11 heteroatoms. The maximum atomic E-state index is 13.6. The number of nitrogens with zero attached hydrogens (tertiary/aromatic N) is 1. The van der Waals surface area contributed by atoms with Gasteiger partial charge in [0.25, 0.3) is 10.0 Å². The molecular weight excluding hydrogens is 465 g/mol. The Morgan fingerprint density at radius 1 is 0.970 bits per heavy atom. The molecule has 1 atom stereocenters. The number of pyridine rings is 1. The number of phenolic OH excluding ortho intramolecular Hbond substituents is 1. The molecule has 9 nitrogen and oxygen atoms in total. The van der Waals surface area contributed by atoms with Crippen molar-refractivity contribution in [2.24, 2.45) is 0 Å². The maximum absolute atomic E-state index is 13.6. The van der Waals surface area contributed by atoms with Gasteiger partial charge in [0.05, 0.1) is 18.1 Å². The highest BCUT2D eigenvalue weighted by molar-refractivity contribution is 7.92. The fourth-order valence-corrected chi connectivity index (χ4v) is 6.07. The maximum Gasteiger partial charge on any atom is 0.357 e. The summed E-state index contributed by atoms with van der Waals surface area (Å²) in [4.78, 5) is 3.99. The number of sulfonamides is 1. The Bertz CT molecular complexity index is 1200. The van der Waals surface area contributed by atoms with Gasteiger partial charge in [-0.2, -0.15) is 0 Å². The molecule has 0 amide bonds. The van der Waals surface area contributed by atoms with E-state index in [0.717, 1.165) is 0 Å². The predicted molar refractivity (Wildman–Crippen MR) is 127 cm³/mol. The lowest BCUT2D eigenvalue weighted by molar-refractivity contribution is 0.213. The highest BCUT2D eigenvalue weighted by atomic mass is 32.2. The molecule has 3 aromatic rings. The minimum absolute atomic E-state index is 0.0237. The Balaban J connectivity index is 1.90. The molecule has 1 unspecified atom stereocenters.